The molecule has 4 heteroatoms. The van der Waals surface area contributed by atoms with Crippen LogP contribution in [0.5, 0.6) is 0 Å². The fourth-order valence-corrected chi connectivity index (χ4v) is 3.12. The number of ether oxygens (including phenoxy) is 1. The summed E-state index contributed by atoms with van der Waals surface area (Å²) < 4.78 is 5.49. The van der Waals surface area contributed by atoms with Gasteiger partial charge in [-0.2, -0.15) is 0 Å². The molecule has 1 N–H and O–H groups in total. The predicted octanol–water partition coefficient (Wildman–Crippen LogP) is 5.21. The predicted molar refractivity (Wildman–Crippen MR) is 99.5 cm³/mol. The summed E-state index contributed by atoms with van der Waals surface area (Å²) in [6.07, 6.45) is 3.96. The molecule has 0 amide bonds. The van der Waals surface area contributed by atoms with Gasteiger partial charge in [-0.05, 0) is 58.2 Å². The fourth-order valence-electron chi connectivity index (χ4n) is 3.12. The SMILES string of the molecule is CCC1=N/C(=C/c2[nH]c(C(=O)OC(C)(C)C)c(C)c2C)CC1(C)C. The summed E-state index contributed by atoms with van der Waals surface area (Å²) in [5, 5.41) is 0. The van der Waals surface area contributed by atoms with Crippen LogP contribution in [0.4, 0.5) is 0 Å². The summed E-state index contributed by atoms with van der Waals surface area (Å²) in [7, 11) is 0. The number of allylic oxidation sites excluding steroid dienone is 1. The number of aliphatic imine (C=N–C) groups is 1. The van der Waals surface area contributed by atoms with Gasteiger partial charge in [-0.25, -0.2) is 4.79 Å². The molecule has 0 unspecified atom stereocenters. The molecule has 1 aliphatic heterocycles. The summed E-state index contributed by atoms with van der Waals surface area (Å²) in [5.74, 6) is -0.308. The number of H-pyrrole nitrogens is 1. The number of carbonyl (C=O) groups is 1. The lowest BCUT2D eigenvalue weighted by molar-refractivity contribution is 0.00627. The van der Waals surface area contributed by atoms with E-state index >= 15 is 0 Å². The number of aromatic amines is 1. The van der Waals surface area contributed by atoms with Crippen molar-refractivity contribution in [2.45, 2.75) is 73.8 Å². The molecule has 2 heterocycles. The Morgan fingerprint density at radius 2 is 1.92 bits per heavy atom. The molecule has 0 spiro atoms. The normalized spacial score (nSPS) is 18.8. The zero-order valence-electron chi connectivity index (χ0n) is 16.3. The van der Waals surface area contributed by atoms with E-state index < -0.39 is 5.60 Å². The van der Waals surface area contributed by atoms with Gasteiger partial charge in [0.2, 0.25) is 0 Å². The monoisotopic (exact) mass is 330 g/mol. The first-order chi connectivity index (χ1) is 10.9. The molecule has 1 aromatic heterocycles. The number of nitrogens with zero attached hydrogens (tertiary/aromatic N) is 1. The van der Waals surface area contributed by atoms with Crippen LogP contribution in [0.15, 0.2) is 10.7 Å². The second kappa shape index (κ2) is 6.23. The van der Waals surface area contributed by atoms with Crippen molar-refractivity contribution in [1.82, 2.24) is 4.98 Å². The van der Waals surface area contributed by atoms with Crippen molar-refractivity contribution in [3.8, 4) is 0 Å². The van der Waals surface area contributed by atoms with E-state index in [1.165, 1.54) is 5.71 Å². The lowest BCUT2D eigenvalue weighted by Gasteiger charge is -2.19. The molecule has 0 atom stereocenters. The van der Waals surface area contributed by atoms with E-state index in [1.807, 2.05) is 34.6 Å². The zero-order chi connectivity index (χ0) is 18.3. The Labute approximate surface area is 145 Å². The summed E-state index contributed by atoms with van der Waals surface area (Å²) in [6.45, 7) is 16.2. The Kier molecular flexibility index (Phi) is 4.80. The van der Waals surface area contributed by atoms with Crippen LogP contribution >= 0.6 is 0 Å². The number of esters is 1. The first-order valence-corrected chi connectivity index (χ1v) is 8.65. The standard InChI is InChI=1S/C20H30N2O2/c1-9-16-20(7,8)11-14(21-16)10-15-12(2)13(3)17(22-15)18(23)24-19(4,5)6/h10,22H,9,11H2,1-8H3/b14-10+. The molecule has 1 aliphatic rings. The molecule has 0 saturated heterocycles. The van der Waals surface area contributed by atoms with Crippen LogP contribution in [0.2, 0.25) is 0 Å². The van der Waals surface area contributed by atoms with Crippen molar-refractivity contribution in [3.63, 3.8) is 0 Å². The summed E-state index contributed by atoms with van der Waals surface area (Å²) in [4.78, 5) is 20.4. The van der Waals surface area contributed by atoms with Crippen LogP contribution in [0.3, 0.4) is 0 Å². The van der Waals surface area contributed by atoms with Gasteiger partial charge >= 0.3 is 5.97 Å². The van der Waals surface area contributed by atoms with Gasteiger partial charge in [-0.3, -0.25) is 4.99 Å². The third-order valence-corrected chi connectivity index (χ3v) is 4.53. The lowest BCUT2D eigenvalue weighted by atomic mass is 9.84. The molecule has 2 rings (SSSR count). The van der Waals surface area contributed by atoms with Crippen molar-refractivity contribution < 1.29 is 9.53 Å². The molecular weight excluding hydrogens is 300 g/mol. The van der Waals surface area contributed by atoms with E-state index in [0.717, 1.165) is 35.4 Å². The second-order valence-corrected chi connectivity index (χ2v) is 8.27. The third kappa shape index (κ3) is 3.80. The molecule has 4 nitrogen and oxygen atoms in total. The van der Waals surface area contributed by atoms with E-state index in [9.17, 15) is 4.79 Å². The fraction of sp³-hybridized carbons (Fsp3) is 0.600. The Hall–Kier alpha value is -1.84. The summed E-state index contributed by atoms with van der Waals surface area (Å²) in [6, 6.07) is 0. The zero-order valence-corrected chi connectivity index (χ0v) is 16.3. The quantitative estimate of drug-likeness (QED) is 0.774. The highest BCUT2D eigenvalue weighted by molar-refractivity contribution is 5.94. The van der Waals surface area contributed by atoms with Crippen molar-refractivity contribution in [1.29, 1.82) is 0 Å². The molecule has 0 radical (unpaired) electrons. The first kappa shape index (κ1) is 18.5. The van der Waals surface area contributed by atoms with Crippen LogP contribution < -0.4 is 0 Å². The number of carbonyl (C=O) groups excluding carboxylic acids is 1. The Morgan fingerprint density at radius 3 is 2.42 bits per heavy atom. The third-order valence-electron chi connectivity index (χ3n) is 4.53. The van der Waals surface area contributed by atoms with E-state index in [1.54, 1.807) is 0 Å². The van der Waals surface area contributed by atoms with Gasteiger partial charge in [-0.1, -0.05) is 20.8 Å². The van der Waals surface area contributed by atoms with Crippen molar-refractivity contribution in [3.05, 3.63) is 28.2 Å². The largest absolute Gasteiger partial charge is 0.455 e. The van der Waals surface area contributed by atoms with E-state index in [0.29, 0.717) is 5.69 Å². The number of hydrogen-bond acceptors (Lipinski definition) is 3. The maximum atomic E-state index is 12.4. The Balaban J connectivity index is 2.34. The van der Waals surface area contributed by atoms with Crippen LogP contribution in [0.25, 0.3) is 6.08 Å². The van der Waals surface area contributed by atoms with E-state index in [2.05, 4.69) is 31.8 Å². The van der Waals surface area contributed by atoms with Crippen LogP contribution in [-0.2, 0) is 4.74 Å². The van der Waals surface area contributed by atoms with Crippen molar-refractivity contribution in [2.24, 2.45) is 10.4 Å². The van der Waals surface area contributed by atoms with Crippen LogP contribution in [0, 0.1) is 19.3 Å². The molecule has 24 heavy (non-hydrogen) atoms. The van der Waals surface area contributed by atoms with Gasteiger partial charge in [-0.15, -0.1) is 0 Å². The summed E-state index contributed by atoms with van der Waals surface area (Å²) >= 11 is 0. The van der Waals surface area contributed by atoms with E-state index in [4.69, 9.17) is 9.73 Å². The molecule has 0 bridgehead atoms. The van der Waals surface area contributed by atoms with Gasteiger partial charge in [0.15, 0.2) is 0 Å². The highest BCUT2D eigenvalue weighted by atomic mass is 16.6. The van der Waals surface area contributed by atoms with Crippen molar-refractivity contribution in [2.75, 3.05) is 0 Å². The van der Waals surface area contributed by atoms with Gasteiger partial charge in [0.25, 0.3) is 0 Å². The van der Waals surface area contributed by atoms with E-state index in [-0.39, 0.29) is 11.4 Å². The molecular formula is C20H30N2O2. The average Bonchev–Trinajstić information content (AvgIpc) is 2.87. The van der Waals surface area contributed by atoms with Crippen LogP contribution in [-0.4, -0.2) is 22.3 Å². The molecule has 0 saturated carbocycles. The summed E-state index contributed by atoms with van der Waals surface area (Å²) in [5.41, 5.74) is 5.40. The highest BCUT2D eigenvalue weighted by Crippen LogP contribution is 2.37. The minimum absolute atomic E-state index is 0.115. The number of hydrogen-bond donors (Lipinski definition) is 1. The van der Waals surface area contributed by atoms with Gasteiger partial charge < -0.3 is 9.72 Å². The molecule has 0 fully saturated rings. The molecule has 0 aromatic carbocycles. The average molecular weight is 330 g/mol. The maximum absolute atomic E-state index is 12.4. The van der Waals surface area contributed by atoms with Gasteiger partial charge in [0.1, 0.15) is 11.3 Å². The number of aromatic nitrogens is 1. The van der Waals surface area contributed by atoms with Gasteiger partial charge in [0.05, 0.1) is 0 Å². The minimum Gasteiger partial charge on any atom is -0.455 e. The Morgan fingerprint density at radius 1 is 1.29 bits per heavy atom. The van der Waals surface area contributed by atoms with Gasteiger partial charge in [0, 0.05) is 28.9 Å². The first-order valence-electron chi connectivity index (χ1n) is 8.65. The number of nitrogens with one attached hydrogen (secondary N) is 1. The highest BCUT2D eigenvalue weighted by Gasteiger charge is 2.31. The van der Waals surface area contributed by atoms with Crippen LogP contribution in [0.1, 0.15) is 81.7 Å². The number of rotatable bonds is 3. The lowest BCUT2D eigenvalue weighted by Crippen LogP contribution is -2.24. The molecule has 0 aliphatic carbocycles. The molecule has 1 aromatic rings. The second-order valence-electron chi connectivity index (χ2n) is 8.27. The minimum atomic E-state index is -0.503. The smallest absolute Gasteiger partial charge is 0.355 e. The Bertz CT molecular complexity index is 713. The van der Waals surface area contributed by atoms with Crippen molar-refractivity contribution >= 4 is 17.8 Å². The molecule has 132 valence electrons. The maximum Gasteiger partial charge on any atom is 0.355 e. The topological polar surface area (TPSA) is 54.5 Å².